The van der Waals surface area contributed by atoms with Crippen LogP contribution in [0.2, 0.25) is 0 Å². The summed E-state index contributed by atoms with van der Waals surface area (Å²) >= 11 is 3.01. The van der Waals surface area contributed by atoms with Crippen LogP contribution in [0.5, 0.6) is 0 Å². The lowest BCUT2D eigenvalue weighted by Gasteiger charge is -2.16. The molecule has 6 nitrogen and oxygen atoms in total. The van der Waals surface area contributed by atoms with Gasteiger partial charge in [0, 0.05) is 29.6 Å². The standard InChI is InChI=1S/C22H18N4O2S2/c1-13-23-17-10-16(7-8-19(17)30-13)26-11-15(9-20(26)27)21(28)25-22-24-18(12-29-22)14-5-3-2-4-6-14/h2-8,10,12,15H,9,11H2,1H3,(H,24,25,28). The first-order valence-electron chi connectivity index (χ1n) is 9.56. The number of rotatable bonds is 4. The minimum Gasteiger partial charge on any atom is -0.312 e. The second-order valence-corrected chi connectivity index (χ2v) is 9.28. The predicted octanol–water partition coefficient (Wildman–Crippen LogP) is 4.72. The van der Waals surface area contributed by atoms with E-state index in [1.165, 1.54) is 11.3 Å². The zero-order valence-electron chi connectivity index (χ0n) is 16.2. The fourth-order valence-electron chi connectivity index (χ4n) is 3.61. The van der Waals surface area contributed by atoms with Gasteiger partial charge in [-0.15, -0.1) is 22.7 Å². The van der Waals surface area contributed by atoms with Crippen LogP contribution in [-0.2, 0) is 9.59 Å². The van der Waals surface area contributed by atoms with Crippen molar-refractivity contribution in [2.24, 2.45) is 5.92 Å². The Balaban J connectivity index is 1.29. The first-order chi connectivity index (χ1) is 14.6. The Labute approximate surface area is 181 Å². The van der Waals surface area contributed by atoms with Crippen LogP contribution < -0.4 is 10.2 Å². The van der Waals surface area contributed by atoms with Crippen molar-refractivity contribution in [1.82, 2.24) is 9.97 Å². The third kappa shape index (κ3) is 3.59. The van der Waals surface area contributed by atoms with E-state index < -0.39 is 5.92 Å². The minimum absolute atomic E-state index is 0.0504. The van der Waals surface area contributed by atoms with Gasteiger partial charge in [-0.2, -0.15) is 0 Å². The van der Waals surface area contributed by atoms with Crippen LogP contribution in [0.4, 0.5) is 10.8 Å². The smallest absolute Gasteiger partial charge is 0.231 e. The maximum absolute atomic E-state index is 12.8. The summed E-state index contributed by atoms with van der Waals surface area (Å²) in [5, 5.41) is 6.33. The quantitative estimate of drug-likeness (QED) is 0.504. The molecule has 8 heteroatoms. The molecule has 2 amide bonds. The zero-order chi connectivity index (χ0) is 20.7. The molecule has 1 aliphatic rings. The summed E-state index contributed by atoms with van der Waals surface area (Å²) in [6, 6.07) is 15.6. The number of benzene rings is 2. The normalized spacial score (nSPS) is 16.4. The number of amides is 2. The Morgan fingerprint density at radius 3 is 2.83 bits per heavy atom. The Kier molecular flexibility index (Phi) is 4.80. The van der Waals surface area contributed by atoms with Gasteiger partial charge in [0.15, 0.2) is 5.13 Å². The van der Waals surface area contributed by atoms with Crippen molar-refractivity contribution < 1.29 is 9.59 Å². The summed E-state index contributed by atoms with van der Waals surface area (Å²) in [5.74, 6) is -0.634. The fraction of sp³-hybridized carbons (Fsp3) is 0.182. The van der Waals surface area contributed by atoms with Gasteiger partial charge in [0.25, 0.3) is 0 Å². The number of hydrogen-bond donors (Lipinski definition) is 1. The van der Waals surface area contributed by atoms with E-state index in [2.05, 4.69) is 15.3 Å². The lowest BCUT2D eigenvalue weighted by molar-refractivity contribution is -0.122. The molecular formula is C22H18N4O2S2. The van der Waals surface area contributed by atoms with Crippen LogP contribution in [0, 0.1) is 12.8 Å². The Morgan fingerprint density at radius 1 is 1.17 bits per heavy atom. The Bertz CT molecular complexity index is 1250. The number of carbonyl (C=O) groups is 2. The molecular weight excluding hydrogens is 416 g/mol. The summed E-state index contributed by atoms with van der Waals surface area (Å²) in [4.78, 5) is 36.0. The van der Waals surface area contributed by atoms with E-state index in [0.717, 1.165) is 32.2 Å². The molecule has 1 atom stereocenters. The predicted molar refractivity (Wildman–Crippen MR) is 121 cm³/mol. The molecule has 2 aromatic carbocycles. The average Bonchev–Trinajstić information content (AvgIpc) is 3.45. The number of nitrogens with one attached hydrogen (secondary N) is 1. The number of aryl methyl sites for hydroxylation is 1. The van der Waals surface area contributed by atoms with E-state index in [1.54, 1.807) is 16.2 Å². The lowest BCUT2D eigenvalue weighted by Crippen LogP contribution is -2.28. The topological polar surface area (TPSA) is 75.2 Å². The van der Waals surface area contributed by atoms with Gasteiger partial charge >= 0.3 is 0 Å². The number of anilines is 2. The molecule has 1 unspecified atom stereocenters. The van der Waals surface area contributed by atoms with Crippen LogP contribution in [0.3, 0.4) is 0 Å². The molecule has 30 heavy (non-hydrogen) atoms. The van der Waals surface area contributed by atoms with Crippen molar-refractivity contribution in [2.75, 3.05) is 16.8 Å². The van der Waals surface area contributed by atoms with Gasteiger partial charge in [-0.1, -0.05) is 30.3 Å². The van der Waals surface area contributed by atoms with E-state index in [4.69, 9.17) is 0 Å². The molecule has 4 aromatic rings. The van der Waals surface area contributed by atoms with E-state index >= 15 is 0 Å². The molecule has 0 spiro atoms. The van der Waals surface area contributed by atoms with Crippen molar-refractivity contribution in [3.05, 3.63) is 58.9 Å². The first kappa shape index (κ1) is 18.9. The third-order valence-electron chi connectivity index (χ3n) is 5.09. The summed E-state index contributed by atoms with van der Waals surface area (Å²) < 4.78 is 1.09. The monoisotopic (exact) mass is 434 g/mol. The summed E-state index contributed by atoms with van der Waals surface area (Å²) in [5.41, 5.74) is 3.50. The summed E-state index contributed by atoms with van der Waals surface area (Å²) in [6.07, 6.45) is 0.191. The van der Waals surface area contributed by atoms with Crippen LogP contribution >= 0.6 is 22.7 Å². The molecule has 1 N–H and O–H groups in total. The molecule has 1 saturated heterocycles. The summed E-state index contributed by atoms with van der Waals surface area (Å²) in [6.45, 7) is 2.32. The minimum atomic E-state index is -0.408. The molecule has 3 heterocycles. The zero-order valence-corrected chi connectivity index (χ0v) is 17.8. The van der Waals surface area contributed by atoms with Gasteiger partial charge in [0.2, 0.25) is 11.8 Å². The number of fused-ring (bicyclic) bond motifs is 1. The molecule has 1 fully saturated rings. The highest BCUT2D eigenvalue weighted by atomic mass is 32.1. The number of aromatic nitrogens is 2. The van der Waals surface area contributed by atoms with Crippen LogP contribution in [0.1, 0.15) is 11.4 Å². The highest BCUT2D eigenvalue weighted by molar-refractivity contribution is 7.18. The molecule has 150 valence electrons. The lowest BCUT2D eigenvalue weighted by atomic mass is 10.1. The highest BCUT2D eigenvalue weighted by Gasteiger charge is 2.35. The van der Waals surface area contributed by atoms with Crippen molar-refractivity contribution in [3.8, 4) is 11.3 Å². The van der Waals surface area contributed by atoms with Crippen LogP contribution in [0.15, 0.2) is 53.9 Å². The van der Waals surface area contributed by atoms with Crippen molar-refractivity contribution in [2.45, 2.75) is 13.3 Å². The molecule has 1 aliphatic heterocycles. The molecule has 5 rings (SSSR count). The largest absolute Gasteiger partial charge is 0.312 e. The van der Waals surface area contributed by atoms with E-state index in [0.29, 0.717) is 11.7 Å². The molecule has 0 radical (unpaired) electrons. The SMILES string of the molecule is Cc1nc2cc(N3CC(C(=O)Nc4nc(-c5ccccc5)cs4)CC3=O)ccc2s1. The van der Waals surface area contributed by atoms with Gasteiger partial charge in [-0.3, -0.25) is 9.59 Å². The van der Waals surface area contributed by atoms with Gasteiger partial charge in [0.05, 0.1) is 26.8 Å². The van der Waals surface area contributed by atoms with Gasteiger partial charge in [0.1, 0.15) is 0 Å². The maximum Gasteiger partial charge on any atom is 0.231 e. The summed E-state index contributed by atoms with van der Waals surface area (Å²) in [7, 11) is 0. The van der Waals surface area contributed by atoms with Crippen molar-refractivity contribution in [3.63, 3.8) is 0 Å². The van der Waals surface area contributed by atoms with E-state index in [-0.39, 0.29) is 18.2 Å². The molecule has 0 bridgehead atoms. The van der Waals surface area contributed by atoms with Gasteiger partial charge in [-0.05, 0) is 25.1 Å². The van der Waals surface area contributed by atoms with Gasteiger partial charge < -0.3 is 10.2 Å². The second kappa shape index (κ2) is 7.62. The van der Waals surface area contributed by atoms with E-state index in [1.807, 2.05) is 60.8 Å². The highest BCUT2D eigenvalue weighted by Crippen LogP contribution is 2.31. The number of hydrogen-bond acceptors (Lipinski definition) is 6. The fourth-order valence-corrected chi connectivity index (χ4v) is 5.14. The maximum atomic E-state index is 12.8. The second-order valence-electron chi connectivity index (χ2n) is 7.18. The van der Waals surface area contributed by atoms with Crippen LogP contribution in [-0.4, -0.2) is 28.3 Å². The van der Waals surface area contributed by atoms with Crippen molar-refractivity contribution in [1.29, 1.82) is 0 Å². The number of thiazole rings is 2. The van der Waals surface area contributed by atoms with Crippen molar-refractivity contribution >= 4 is 55.5 Å². The first-order valence-corrected chi connectivity index (χ1v) is 11.3. The molecule has 2 aromatic heterocycles. The number of carbonyl (C=O) groups excluding carboxylic acids is 2. The Hall–Kier alpha value is -3.10. The van der Waals surface area contributed by atoms with Gasteiger partial charge in [-0.25, -0.2) is 9.97 Å². The van der Waals surface area contributed by atoms with E-state index in [9.17, 15) is 9.59 Å². The number of nitrogens with zero attached hydrogens (tertiary/aromatic N) is 3. The average molecular weight is 435 g/mol. The molecule has 0 aliphatic carbocycles. The third-order valence-corrected chi connectivity index (χ3v) is 6.80. The van der Waals surface area contributed by atoms with Crippen LogP contribution in [0.25, 0.3) is 21.5 Å². The Morgan fingerprint density at radius 2 is 2.00 bits per heavy atom. The molecule has 0 saturated carbocycles.